The maximum atomic E-state index is 10.9. The number of unbranched alkanes of at least 4 members (excludes halogenated alkanes) is 24. The van der Waals surface area contributed by atoms with Crippen molar-refractivity contribution in [2.75, 3.05) is 0 Å². The van der Waals surface area contributed by atoms with Crippen LogP contribution < -0.4 is 10.2 Å². The Morgan fingerprint density at radius 3 is 0.523 bits per heavy atom. The second-order valence-corrected chi connectivity index (χ2v) is 30.2. The molecular formula is C88H114Ca5O14S4. The molecule has 0 radical (unpaired) electrons. The number of rotatable bonds is 28. The Hall–Kier alpha value is -1.22. The predicted octanol–water partition coefficient (Wildman–Crippen LogP) is 20.9. The molecule has 0 fully saturated rings. The Morgan fingerprint density at radius 2 is 0.369 bits per heavy atom. The van der Waals surface area contributed by atoms with Crippen LogP contribution in [0.5, 0.6) is 11.5 Å². The molecule has 0 aliphatic carbocycles. The molecule has 10 aromatic carbocycles. The van der Waals surface area contributed by atoms with E-state index in [1.807, 2.05) is 12.1 Å². The van der Waals surface area contributed by atoms with Crippen LogP contribution in [0.2, 0.25) is 0 Å². The first-order valence-electron chi connectivity index (χ1n) is 37.2. The smallest absolute Gasteiger partial charge is 0.872 e. The second kappa shape index (κ2) is 73.9. The van der Waals surface area contributed by atoms with Crippen LogP contribution in [-0.2, 0) is 40.5 Å². The van der Waals surface area contributed by atoms with E-state index in [1.165, 1.54) is 203 Å². The van der Waals surface area contributed by atoms with E-state index in [1.54, 1.807) is 170 Å². The maximum absolute atomic E-state index is 10.9. The molecule has 111 heavy (non-hydrogen) atoms. The molecule has 0 spiro atoms. The summed E-state index contributed by atoms with van der Waals surface area (Å²) in [5.41, 5.74) is 0. The molecule has 0 saturated carbocycles. The van der Waals surface area contributed by atoms with Gasteiger partial charge in [-0.2, -0.15) is 25.7 Å². The van der Waals surface area contributed by atoms with Gasteiger partial charge >= 0.3 is 189 Å². The molecule has 0 N–H and O–H groups in total. The topological polar surface area (TPSA) is 275 Å². The van der Waals surface area contributed by atoms with Crippen molar-refractivity contribution < 1.29 is 62.1 Å². The molecule has 0 aliphatic rings. The number of benzene rings is 10. The summed E-state index contributed by atoms with van der Waals surface area (Å²) in [4.78, 5) is -0.627. The van der Waals surface area contributed by atoms with E-state index in [9.17, 15) is 62.1 Å². The minimum Gasteiger partial charge on any atom is -0.872 e. The first kappa shape index (κ1) is 118. The van der Waals surface area contributed by atoms with Crippen LogP contribution in [0.25, 0.3) is 43.1 Å². The molecule has 10 aromatic rings. The molecule has 10 rings (SSSR count). The molecule has 0 aromatic heterocycles. The van der Waals surface area contributed by atoms with Gasteiger partial charge in [0.25, 0.3) is 0 Å². The van der Waals surface area contributed by atoms with E-state index in [0.29, 0.717) is 21.5 Å². The van der Waals surface area contributed by atoms with Gasteiger partial charge in [0.1, 0.15) is 40.5 Å². The van der Waals surface area contributed by atoms with Gasteiger partial charge in [-0.1, -0.05) is 388 Å². The summed E-state index contributed by atoms with van der Waals surface area (Å²) in [7, 11) is -17.5. The van der Waals surface area contributed by atoms with Crippen LogP contribution in [0.4, 0.5) is 0 Å². The zero-order valence-electron chi connectivity index (χ0n) is 66.5. The van der Waals surface area contributed by atoms with Crippen molar-refractivity contribution in [2.24, 2.45) is 0 Å². The third-order valence-corrected chi connectivity index (χ3v) is 19.6. The van der Waals surface area contributed by atoms with Crippen molar-refractivity contribution in [2.45, 2.75) is 227 Å². The molecule has 0 unspecified atom stereocenters. The van der Waals surface area contributed by atoms with E-state index in [2.05, 4.69) is 55.4 Å². The third kappa shape index (κ3) is 57.6. The van der Waals surface area contributed by atoms with Gasteiger partial charge in [0.15, 0.2) is 0 Å². The molecule has 14 nitrogen and oxygen atoms in total. The first-order chi connectivity index (χ1) is 50.8. The molecule has 0 aliphatic heterocycles. The van der Waals surface area contributed by atoms with Crippen molar-refractivity contribution in [1.82, 2.24) is 0 Å². The van der Waals surface area contributed by atoms with Gasteiger partial charge in [-0.3, -0.25) is 0 Å². The van der Waals surface area contributed by atoms with Crippen LogP contribution in [0.1, 0.15) is 207 Å². The number of para-hydroxylation sites is 2. The monoisotopic (exact) mass is 1720 g/mol. The van der Waals surface area contributed by atoms with Crippen molar-refractivity contribution in [3.63, 3.8) is 0 Å². The second-order valence-electron chi connectivity index (χ2n) is 24.8. The van der Waals surface area contributed by atoms with Gasteiger partial charge < -0.3 is 56.1 Å². The summed E-state index contributed by atoms with van der Waals surface area (Å²) in [6, 6.07) is 62.8. The third-order valence-electron chi connectivity index (χ3n) is 16.0. The Kier molecular flexibility index (Phi) is 78.8. The van der Waals surface area contributed by atoms with E-state index in [0.717, 1.165) is 47.2 Å². The van der Waals surface area contributed by atoms with Crippen molar-refractivity contribution >= 4 is 272 Å². The average molecular weight is 1720 g/mol. The number of fused-ring (bicyclic) bond motifs is 4. The molecule has 0 heterocycles. The van der Waals surface area contributed by atoms with Gasteiger partial charge in [-0.15, -0.1) is 11.5 Å². The molecule has 0 amide bonds. The Balaban J connectivity index is -0.000000377. The summed E-state index contributed by atoms with van der Waals surface area (Å²) in [5, 5.41) is 25.5. The minimum atomic E-state index is -4.38. The van der Waals surface area contributed by atoms with E-state index in [-0.39, 0.29) is 220 Å². The van der Waals surface area contributed by atoms with Gasteiger partial charge in [0.05, 0.1) is 19.6 Å². The minimum absolute atomic E-state index is 0. The van der Waals surface area contributed by atoms with Gasteiger partial charge in [0, 0.05) is 0 Å². The van der Waals surface area contributed by atoms with Gasteiger partial charge in [-0.05, 0) is 67.4 Å². The fourth-order valence-corrected chi connectivity index (χ4v) is 13.1. The Labute approximate surface area is 818 Å². The fourth-order valence-electron chi connectivity index (χ4n) is 10.3. The fraction of sp³-hybridized carbons (Fsp3) is 0.364. The van der Waals surface area contributed by atoms with E-state index >= 15 is 0 Å². The molecular weight excluding hydrogens is 1610 g/mol. The molecule has 23 heteroatoms. The van der Waals surface area contributed by atoms with E-state index < -0.39 is 40.5 Å². The Morgan fingerprint density at radius 1 is 0.216 bits per heavy atom. The average Bonchev–Trinajstić information content (AvgIpc) is 0.827. The van der Waals surface area contributed by atoms with E-state index in [4.69, 9.17) is 0 Å². The van der Waals surface area contributed by atoms with Crippen LogP contribution in [0.3, 0.4) is 0 Å². The van der Waals surface area contributed by atoms with Crippen LogP contribution in [0, 0.1) is 27.7 Å². The summed E-state index contributed by atoms with van der Waals surface area (Å²) >= 11 is 0. The number of hydrogen-bond donors (Lipinski definition) is 0. The standard InChI is InChI=1S/4C10H8O3S.4C9H19.2C6H6O.5Ca/c4*11-14(12,13)10-7-3-5-8-4-1-2-6-9(8)10;4*1-3-5-7-9-8-6-4-2;2*7-6-4-2-1-3-5-6;;;;;/h4*1-7H,(H,11,12,13);4*1,3-9H2,2H3;2*1-5,7H;;;;;/q;;;;4*-1;;;5*+2/p-6. The zero-order chi connectivity index (χ0) is 78.8. The SMILES string of the molecule is O=S(=O)([O-])c1cccc2ccccc12.O=S(=O)([O-])c1cccc2ccccc12.O=S(=O)([O-])c1cccc2ccccc12.O=S(=O)([O-])c1cccc2ccccc12.[CH2-]CCCCCCCC.[CH2-]CCCCCCCC.[CH2-]CCCCCCCC.[CH2-]CCCCCCCC.[Ca+2].[Ca+2].[Ca+2].[Ca+2].[Ca+2].[O-]c1ccccc1.[O-]c1ccccc1. The molecule has 0 saturated heterocycles. The van der Waals surface area contributed by atoms with Gasteiger partial charge in [0.2, 0.25) is 0 Å². The number of hydrogen-bond acceptors (Lipinski definition) is 14. The summed E-state index contributed by atoms with van der Waals surface area (Å²) in [6.07, 6.45) is 37.8. The normalized spacial score (nSPS) is 10.3. The summed E-state index contributed by atoms with van der Waals surface area (Å²) in [5.74, 6) is 0.144. The van der Waals surface area contributed by atoms with Crippen LogP contribution in [0.15, 0.2) is 250 Å². The van der Waals surface area contributed by atoms with Gasteiger partial charge in [-0.25, -0.2) is 33.7 Å². The van der Waals surface area contributed by atoms with Crippen LogP contribution in [-0.4, -0.2) is 241 Å². The first-order valence-corrected chi connectivity index (χ1v) is 42.8. The van der Waals surface area contributed by atoms with Crippen molar-refractivity contribution in [3.8, 4) is 11.5 Å². The maximum Gasteiger partial charge on any atom is 2.00 e. The molecule has 584 valence electrons. The van der Waals surface area contributed by atoms with Crippen LogP contribution >= 0.6 is 0 Å². The zero-order valence-corrected chi connectivity index (χ0v) is 80.8. The predicted molar refractivity (Wildman–Crippen MR) is 462 cm³/mol. The molecule has 0 bridgehead atoms. The van der Waals surface area contributed by atoms with Crippen molar-refractivity contribution in [1.29, 1.82) is 0 Å². The quantitative estimate of drug-likeness (QED) is 0.0191. The summed E-state index contributed by atoms with van der Waals surface area (Å²) < 4.78 is 131. The largest absolute Gasteiger partial charge is 2.00 e. The Bertz CT molecular complexity index is 3810. The summed E-state index contributed by atoms with van der Waals surface area (Å²) in [6.45, 7) is 24.2. The molecule has 0 atom stereocenters. The van der Waals surface area contributed by atoms with Crippen molar-refractivity contribution in [3.05, 3.63) is 258 Å².